The number of aromatic nitrogens is 2. The first kappa shape index (κ1) is 16.6. The van der Waals surface area contributed by atoms with Gasteiger partial charge in [0, 0.05) is 18.2 Å². The molecule has 0 aliphatic rings. The number of nitrogens with zero attached hydrogens (tertiary/aromatic N) is 3. The molecule has 10 heteroatoms. The molecule has 1 aromatic carbocycles. The highest BCUT2D eigenvalue weighted by molar-refractivity contribution is 6.34. The fourth-order valence-corrected chi connectivity index (χ4v) is 2.45. The van der Waals surface area contributed by atoms with Gasteiger partial charge in [-0.2, -0.15) is 18.3 Å². The number of halogens is 6. The van der Waals surface area contributed by atoms with Gasteiger partial charge in [0.05, 0.1) is 16.3 Å². The Morgan fingerprint density at radius 1 is 1.32 bits per heavy atom. The molecule has 118 valence electrons. The minimum Gasteiger partial charge on any atom is -0.411 e. The molecule has 0 radical (unpaired) electrons. The summed E-state index contributed by atoms with van der Waals surface area (Å²) in [5.74, 6) is -0.909. The maximum atomic E-state index is 14.0. The van der Waals surface area contributed by atoms with Crippen LogP contribution in [-0.2, 0) is 13.2 Å². The molecular formula is C12H7Cl2F4N3O. The molecule has 0 bridgehead atoms. The number of aryl methyl sites for hydroxylation is 1. The van der Waals surface area contributed by atoms with Crippen molar-refractivity contribution < 1.29 is 22.8 Å². The molecule has 1 N–H and O–H groups in total. The molecule has 0 spiro atoms. The van der Waals surface area contributed by atoms with E-state index >= 15 is 0 Å². The van der Waals surface area contributed by atoms with Crippen molar-refractivity contribution in [3.05, 3.63) is 39.3 Å². The minimum atomic E-state index is -4.74. The first-order valence-electron chi connectivity index (χ1n) is 5.63. The zero-order valence-electron chi connectivity index (χ0n) is 10.8. The summed E-state index contributed by atoms with van der Waals surface area (Å²) in [5.41, 5.74) is -1.79. The Morgan fingerprint density at radius 3 is 2.45 bits per heavy atom. The molecule has 0 unspecified atom stereocenters. The monoisotopic (exact) mass is 355 g/mol. The van der Waals surface area contributed by atoms with E-state index in [1.54, 1.807) is 0 Å². The van der Waals surface area contributed by atoms with Crippen molar-refractivity contribution in [2.45, 2.75) is 6.18 Å². The maximum Gasteiger partial charge on any atom is 0.434 e. The van der Waals surface area contributed by atoms with Crippen molar-refractivity contribution in [1.29, 1.82) is 0 Å². The van der Waals surface area contributed by atoms with Gasteiger partial charge in [-0.05, 0) is 12.1 Å². The highest BCUT2D eigenvalue weighted by atomic mass is 35.5. The van der Waals surface area contributed by atoms with E-state index in [1.165, 1.54) is 0 Å². The smallest absolute Gasteiger partial charge is 0.411 e. The second-order valence-corrected chi connectivity index (χ2v) is 5.02. The standard InChI is InChI=1S/C12H7Cl2F4N3O/c1-21-11(12(16,17)18)9(14)10(20-21)6-2-5(4-19-22)7(13)3-8(6)15/h2-4,22H,1H3. The zero-order valence-corrected chi connectivity index (χ0v) is 12.3. The summed E-state index contributed by atoms with van der Waals surface area (Å²) >= 11 is 11.4. The lowest BCUT2D eigenvalue weighted by molar-refractivity contribution is -0.143. The third kappa shape index (κ3) is 2.89. The van der Waals surface area contributed by atoms with Crippen molar-refractivity contribution in [3.63, 3.8) is 0 Å². The molecule has 4 nitrogen and oxygen atoms in total. The molecule has 0 aliphatic carbocycles. The number of rotatable bonds is 2. The van der Waals surface area contributed by atoms with E-state index < -0.39 is 28.4 Å². The molecule has 1 heterocycles. The normalized spacial score (nSPS) is 12.3. The van der Waals surface area contributed by atoms with Crippen LogP contribution in [0.2, 0.25) is 10.0 Å². The number of oxime groups is 1. The van der Waals surface area contributed by atoms with Crippen molar-refractivity contribution >= 4 is 29.4 Å². The number of benzene rings is 1. The summed E-state index contributed by atoms with van der Waals surface area (Å²) < 4.78 is 53.2. The summed E-state index contributed by atoms with van der Waals surface area (Å²) in [6.45, 7) is 0. The Hall–Kier alpha value is -1.80. The topological polar surface area (TPSA) is 50.4 Å². The van der Waals surface area contributed by atoms with Gasteiger partial charge in [-0.1, -0.05) is 28.4 Å². The van der Waals surface area contributed by atoms with E-state index in [2.05, 4.69) is 10.3 Å². The molecule has 0 atom stereocenters. The highest BCUT2D eigenvalue weighted by Crippen LogP contribution is 2.40. The molecule has 22 heavy (non-hydrogen) atoms. The van der Waals surface area contributed by atoms with E-state index in [0.29, 0.717) is 4.68 Å². The van der Waals surface area contributed by atoms with Crippen LogP contribution in [0.3, 0.4) is 0 Å². The Labute approximate surface area is 131 Å². The Bertz CT molecular complexity index is 756. The summed E-state index contributed by atoms with van der Waals surface area (Å²) in [7, 11) is 1.04. The van der Waals surface area contributed by atoms with E-state index in [4.69, 9.17) is 28.4 Å². The second-order valence-electron chi connectivity index (χ2n) is 4.23. The van der Waals surface area contributed by atoms with E-state index in [9.17, 15) is 17.6 Å². The van der Waals surface area contributed by atoms with Gasteiger partial charge >= 0.3 is 6.18 Å². The third-order valence-electron chi connectivity index (χ3n) is 2.80. The van der Waals surface area contributed by atoms with Gasteiger partial charge in [-0.3, -0.25) is 4.68 Å². The van der Waals surface area contributed by atoms with E-state index in [0.717, 1.165) is 25.4 Å². The van der Waals surface area contributed by atoms with Crippen molar-refractivity contribution in [2.75, 3.05) is 0 Å². The molecule has 0 saturated carbocycles. The van der Waals surface area contributed by atoms with Crippen LogP contribution >= 0.6 is 23.2 Å². The molecular weight excluding hydrogens is 349 g/mol. The second kappa shape index (κ2) is 5.77. The molecule has 2 rings (SSSR count). The first-order chi connectivity index (χ1) is 10.2. The Balaban J connectivity index is 2.70. The zero-order chi connectivity index (χ0) is 16.7. The van der Waals surface area contributed by atoms with Crippen LogP contribution in [0, 0.1) is 5.82 Å². The van der Waals surface area contributed by atoms with Crippen LogP contribution < -0.4 is 0 Å². The van der Waals surface area contributed by atoms with Crippen molar-refractivity contribution in [2.24, 2.45) is 12.2 Å². The minimum absolute atomic E-state index is 0.0813. The first-order valence-corrected chi connectivity index (χ1v) is 6.39. The lowest BCUT2D eigenvalue weighted by atomic mass is 10.1. The third-order valence-corrected chi connectivity index (χ3v) is 3.48. The van der Waals surface area contributed by atoms with Gasteiger partial charge in [-0.15, -0.1) is 0 Å². The summed E-state index contributed by atoms with van der Waals surface area (Å²) in [4.78, 5) is 0. The van der Waals surface area contributed by atoms with Gasteiger partial charge in [0.15, 0.2) is 5.69 Å². The van der Waals surface area contributed by atoms with Crippen LogP contribution in [-0.4, -0.2) is 21.2 Å². The molecule has 1 aromatic heterocycles. The lowest BCUT2D eigenvalue weighted by Crippen LogP contribution is -2.12. The average molecular weight is 356 g/mol. The van der Waals surface area contributed by atoms with Gasteiger partial charge in [0.2, 0.25) is 0 Å². The quantitative estimate of drug-likeness (QED) is 0.376. The number of hydrogen-bond donors (Lipinski definition) is 1. The van der Waals surface area contributed by atoms with Crippen LogP contribution in [0.5, 0.6) is 0 Å². The average Bonchev–Trinajstić information content (AvgIpc) is 2.67. The summed E-state index contributed by atoms with van der Waals surface area (Å²) in [5, 5.41) is 14.1. The van der Waals surface area contributed by atoms with E-state index in [-0.39, 0.29) is 16.1 Å². The Kier molecular flexibility index (Phi) is 4.35. The molecule has 2 aromatic rings. The van der Waals surface area contributed by atoms with Crippen LogP contribution in [0.15, 0.2) is 17.3 Å². The predicted octanol–water partition coefficient (Wildman–Crippen LogP) is 4.36. The summed E-state index contributed by atoms with van der Waals surface area (Å²) in [6.07, 6.45) is -3.83. The van der Waals surface area contributed by atoms with Crippen molar-refractivity contribution in [1.82, 2.24) is 9.78 Å². The fourth-order valence-electron chi connectivity index (χ4n) is 1.89. The van der Waals surface area contributed by atoms with Crippen molar-refractivity contribution in [3.8, 4) is 11.3 Å². The van der Waals surface area contributed by atoms with Gasteiger partial charge in [0.1, 0.15) is 11.5 Å². The summed E-state index contributed by atoms with van der Waals surface area (Å²) in [6, 6.07) is 1.96. The maximum absolute atomic E-state index is 14.0. The number of hydrogen-bond acceptors (Lipinski definition) is 3. The highest BCUT2D eigenvalue weighted by Gasteiger charge is 2.39. The van der Waals surface area contributed by atoms with Crippen LogP contribution in [0.25, 0.3) is 11.3 Å². The Morgan fingerprint density at radius 2 is 1.95 bits per heavy atom. The van der Waals surface area contributed by atoms with Gasteiger partial charge in [-0.25, -0.2) is 4.39 Å². The van der Waals surface area contributed by atoms with Gasteiger partial charge < -0.3 is 5.21 Å². The fraction of sp³-hybridized carbons (Fsp3) is 0.167. The molecule has 0 fully saturated rings. The molecule has 0 amide bonds. The number of alkyl halides is 3. The largest absolute Gasteiger partial charge is 0.434 e. The van der Waals surface area contributed by atoms with Crippen LogP contribution in [0.4, 0.5) is 17.6 Å². The van der Waals surface area contributed by atoms with E-state index in [1.807, 2.05) is 0 Å². The lowest BCUT2D eigenvalue weighted by Gasteiger charge is -2.06. The molecule has 0 aliphatic heterocycles. The van der Waals surface area contributed by atoms with Gasteiger partial charge in [0.25, 0.3) is 0 Å². The van der Waals surface area contributed by atoms with Crippen LogP contribution in [0.1, 0.15) is 11.3 Å². The SMILES string of the molecule is Cn1nc(-c2cc(C=NO)c(Cl)cc2F)c(Cl)c1C(F)(F)F. The predicted molar refractivity (Wildman–Crippen MR) is 73.0 cm³/mol. The molecule has 0 saturated heterocycles.